The van der Waals surface area contributed by atoms with Gasteiger partial charge in [-0.2, -0.15) is 0 Å². The van der Waals surface area contributed by atoms with Crippen LogP contribution in [0.3, 0.4) is 0 Å². The maximum absolute atomic E-state index is 6.13. The van der Waals surface area contributed by atoms with Gasteiger partial charge in [0.1, 0.15) is 0 Å². The summed E-state index contributed by atoms with van der Waals surface area (Å²) in [6, 6.07) is 8.95. The first-order valence-corrected chi connectivity index (χ1v) is 8.40. The van der Waals surface area contributed by atoms with Crippen LogP contribution >= 0.6 is 0 Å². The maximum atomic E-state index is 6.13. The summed E-state index contributed by atoms with van der Waals surface area (Å²) in [4.78, 5) is 0. The molecule has 118 valence electrons. The molecular formula is C18H30N2O. The van der Waals surface area contributed by atoms with Crippen LogP contribution in [0.25, 0.3) is 0 Å². The van der Waals surface area contributed by atoms with Gasteiger partial charge in [0.25, 0.3) is 0 Å². The van der Waals surface area contributed by atoms with E-state index in [0.29, 0.717) is 6.61 Å². The summed E-state index contributed by atoms with van der Waals surface area (Å²) in [6.07, 6.45) is 5.89. The molecule has 0 aliphatic heterocycles. The van der Waals surface area contributed by atoms with Crippen molar-refractivity contribution in [3.05, 3.63) is 35.4 Å². The fraction of sp³-hybridized carbons (Fsp3) is 0.667. The highest BCUT2D eigenvalue weighted by Crippen LogP contribution is 2.39. The molecular weight excluding hydrogens is 260 g/mol. The number of ether oxygens (including phenoxy) is 1. The van der Waals surface area contributed by atoms with Gasteiger partial charge in [-0.05, 0) is 49.7 Å². The quantitative estimate of drug-likeness (QED) is 0.561. The van der Waals surface area contributed by atoms with Crippen LogP contribution in [-0.2, 0) is 4.74 Å². The molecule has 1 unspecified atom stereocenters. The second-order valence-electron chi connectivity index (χ2n) is 6.10. The fourth-order valence-electron chi connectivity index (χ4n) is 3.52. The van der Waals surface area contributed by atoms with Crippen LogP contribution in [0.2, 0.25) is 0 Å². The van der Waals surface area contributed by atoms with Crippen molar-refractivity contribution in [1.29, 1.82) is 0 Å². The molecule has 0 spiro atoms. The minimum absolute atomic E-state index is 0.0347. The van der Waals surface area contributed by atoms with Crippen LogP contribution in [-0.4, -0.2) is 12.2 Å². The van der Waals surface area contributed by atoms with Crippen molar-refractivity contribution in [1.82, 2.24) is 5.43 Å². The van der Waals surface area contributed by atoms with Crippen LogP contribution in [0.4, 0.5) is 0 Å². The third kappa shape index (κ3) is 3.31. The van der Waals surface area contributed by atoms with E-state index < -0.39 is 0 Å². The van der Waals surface area contributed by atoms with Gasteiger partial charge in [0.05, 0.1) is 11.6 Å². The minimum Gasteiger partial charge on any atom is -0.373 e. The summed E-state index contributed by atoms with van der Waals surface area (Å²) in [5.41, 5.74) is 5.49. The number of rotatable bonds is 8. The lowest BCUT2D eigenvalue weighted by Gasteiger charge is -2.39. The molecule has 0 radical (unpaired) electrons. The monoisotopic (exact) mass is 290 g/mol. The molecule has 1 saturated carbocycles. The zero-order valence-electron chi connectivity index (χ0n) is 13.7. The van der Waals surface area contributed by atoms with Crippen molar-refractivity contribution in [3.8, 4) is 0 Å². The van der Waals surface area contributed by atoms with E-state index >= 15 is 0 Å². The fourth-order valence-corrected chi connectivity index (χ4v) is 3.52. The Bertz CT molecular complexity index is 439. The lowest BCUT2D eigenvalue weighted by Crippen LogP contribution is -2.48. The van der Waals surface area contributed by atoms with E-state index in [4.69, 9.17) is 10.6 Å². The van der Waals surface area contributed by atoms with Gasteiger partial charge in [-0.15, -0.1) is 0 Å². The summed E-state index contributed by atoms with van der Waals surface area (Å²) in [6.45, 7) is 7.12. The average Bonchev–Trinajstić information content (AvgIpc) is 2.45. The van der Waals surface area contributed by atoms with Crippen molar-refractivity contribution >= 4 is 0 Å². The van der Waals surface area contributed by atoms with Gasteiger partial charge in [0, 0.05) is 6.61 Å². The van der Waals surface area contributed by atoms with Crippen molar-refractivity contribution in [2.45, 2.75) is 70.4 Å². The van der Waals surface area contributed by atoms with Crippen LogP contribution in [0.1, 0.15) is 76.0 Å². The van der Waals surface area contributed by atoms with E-state index in [1.807, 2.05) is 0 Å². The molecule has 1 fully saturated rings. The Kier molecular flexibility index (Phi) is 5.80. The Hall–Kier alpha value is -0.900. The number of hydrogen-bond acceptors (Lipinski definition) is 3. The lowest BCUT2D eigenvalue weighted by molar-refractivity contribution is -0.0734. The zero-order valence-corrected chi connectivity index (χ0v) is 13.7. The summed E-state index contributed by atoms with van der Waals surface area (Å²) in [7, 11) is 0. The van der Waals surface area contributed by atoms with E-state index in [1.165, 1.54) is 30.4 Å². The smallest absolute Gasteiger partial charge is 0.0883 e. The van der Waals surface area contributed by atoms with Gasteiger partial charge in [-0.1, -0.05) is 44.5 Å². The molecule has 3 heteroatoms. The normalized spacial score (nSPS) is 17.5. The van der Waals surface area contributed by atoms with Crippen LogP contribution in [0.5, 0.6) is 0 Å². The number of hydrazine groups is 1. The molecule has 1 aromatic carbocycles. The van der Waals surface area contributed by atoms with E-state index in [1.54, 1.807) is 0 Å². The first-order chi connectivity index (χ1) is 10.2. The maximum Gasteiger partial charge on any atom is 0.0883 e. The first kappa shape index (κ1) is 16.5. The van der Waals surface area contributed by atoms with Crippen LogP contribution in [0.15, 0.2) is 24.3 Å². The lowest BCUT2D eigenvalue weighted by atomic mass is 9.78. The predicted octanol–water partition coefficient (Wildman–Crippen LogP) is 4.05. The Balaban J connectivity index is 2.30. The summed E-state index contributed by atoms with van der Waals surface area (Å²) in [5, 5.41) is 0. The third-order valence-corrected chi connectivity index (χ3v) is 5.14. The molecule has 0 aromatic heterocycles. The van der Waals surface area contributed by atoms with Crippen LogP contribution in [0, 0.1) is 0 Å². The van der Waals surface area contributed by atoms with E-state index in [2.05, 4.69) is 50.5 Å². The molecule has 3 N–H and O–H groups in total. The van der Waals surface area contributed by atoms with E-state index in [0.717, 1.165) is 18.8 Å². The summed E-state index contributed by atoms with van der Waals surface area (Å²) >= 11 is 0. The molecule has 2 rings (SSSR count). The van der Waals surface area contributed by atoms with Crippen molar-refractivity contribution in [2.24, 2.45) is 5.84 Å². The van der Waals surface area contributed by atoms with Gasteiger partial charge >= 0.3 is 0 Å². The Morgan fingerprint density at radius 2 is 2.00 bits per heavy atom. The standard InChI is InChI=1S/C18H30N2O/c1-4-18(5-2,21-6-3)17(20-19)16-12-8-11-15(13-16)14-9-7-10-14/h8,11-14,17,20H,4-7,9-10,19H2,1-3H3. The molecule has 1 aliphatic rings. The van der Waals surface area contributed by atoms with Crippen molar-refractivity contribution in [2.75, 3.05) is 6.61 Å². The first-order valence-electron chi connectivity index (χ1n) is 8.40. The van der Waals surface area contributed by atoms with Crippen LogP contribution < -0.4 is 11.3 Å². The zero-order chi connectivity index (χ0) is 15.3. The highest BCUT2D eigenvalue weighted by molar-refractivity contribution is 5.31. The SMILES string of the molecule is CCOC(CC)(CC)C(NN)c1cccc(C2CCC2)c1. The largest absolute Gasteiger partial charge is 0.373 e. The molecule has 1 aromatic rings. The van der Waals surface area contributed by atoms with Gasteiger partial charge in [0.15, 0.2) is 0 Å². The Labute approximate surface area is 129 Å². The molecule has 0 saturated heterocycles. The molecule has 1 atom stereocenters. The van der Waals surface area contributed by atoms with E-state index in [-0.39, 0.29) is 11.6 Å². The second-order valence-corrected chi connectivity index (χ2v) is 6.10. The van der Waals surface area contributed by atoms with Crippen molar-refractivity contribution < 1.29 is 4.74 Å². The number of benzene rings is 1. The molecule has 0 heterocycles. The second kappa shape index (κ2) is 7.39. The topological polar surface area (TPSA) is 47.3 Å². The van der Waals surface area contributed by atoms with Gasteiger partial charge < -0.3 is 4.74 Å². The Morgan fingerprint density at radius 1 is 1.29 bits per heavy atom. The third-order valence-electron chi connectivity index (χ3n) is 5.14. The summed E-state index contributed by atoms with van der Waals surface area (Å²) < 4.78 is 6.13. The van der Waals surface area contributed by atoms with Crippen molar-refractivity contribution in [3.63, 3.8) is 0 Å². The molecule has 0 bridgehead atoms. The highest BCUT2D eigenvalue weighted by atomic mass is 16.5. The van der Waals surface area contributed by atoms with Gasteiger partial charge in [-0.3, -0.25) is 11.3 Å². The predicted molar refractivity (Wildman–Crippen MR) is 88.0 cm³/mol. The number of nitrogens with one attached hydrogen (secondary N) is 1. The molecule has 21 heavy (non-hydrogen) atoms. The molecule has 1 aliphatic carbocycles. The van der Waals surface area contributed by atoms with Gasteiger partial charge in [0.2, 0.25) is 0 Å². The number of nitrogens with two attached hydrogens (primary N) is 1. The highest BCUT2D eigenvalue weighted by Gasteiger charge is 2.37. The van der Waals surface area contributed by atoms with E-state index in [9.17, 15) is 0 Å². The average molecular weight is 290 g/mol. The summed E-state index contributed by atoms with van der Waals surface area (Å²) in [5.74, 6) is 6.66. The number of hydrogen-bond donors (Lipinski definition) is 2. The van der Waals surface area contributed by atoms with Gasteiger partial charge in [-0.25, -0.2) is 0 Å². The molecule has 3 nitrogen and oxygen atoms in total. The minimum atomic E-state index is -0.234. The Morgan fingerprint density at radius 3 is 2.48 bits per heavy atom. The molecule has 0 amide bonds.